The van der Waals surface area contributed by atoms with Crippen molar-refractivity contribution in [1.82, 2.24) is 10.2 Å². The topological polar surface area (TPSA) is 27.2 Å². The summed E-state index contributed by atoms with van der Waals surface area (Å²) in [4.78, 5) is 2.43. The van der Waals surface area contributed by atoms with Gasteiger partial charge in [-0.1, -0.05) is 18.2 Å². The molecule has 1 saturated heterocycles. The summed E-state index contributed by atoms with van der Waals surface area (Å²) in [6.07, 6.45) is 0. The Morgan fingerprint density at radius 1 is 1.13 bits per heavy atom. The van der Waals surface area contributed by atoms with Crippen LogP contribution in [0.25, 0.3) is 0 Å². The molecule has 3 nitrogen and oxygen atoms in total. The molecule has 1 heterocycles. The smallest absolute Gasteiger partial charge is 0.156 e. The van der Waals surface area contributed by atoms with Gasteiger partial charge in [0.2, 0.25) is 0 Å². The second kappa shape index (κ2) is 5.73. The summed E-state index contributed by atoms with van der Waals surface area (Å²) < 4.78 is 5.65. The molecule has 1 aromatic rings. The Hall–Kier alpha value is -1.06. The van der Waals surface area contributed by atoms with Crippen molar-refractivity contribution < 1.29 is 4.74 Å². The molecule has 1 N–H and O–H groups in total. The molecule has 0 unspecified atom stereocenters. The number of hydrogen-bond donors (Lipinski definition) is 1. The maximum atomic E-state index is 5.65. The summed E-state index contributed by atoms with van der Waals surface area (Å²) in [6.45, 7) is 6.29. The van der Waals surface area contributed by atoms with Gasteiger partial charge in [0.05, 0.1) is 0 Å². The average Bonchev–Trinajstić information content (AvgIpc) is 2.32. The van der Waals surface area contributed by atoms with Crippen molar-refractivity contribution in [2.45, 2.75) is 0 Å². The Morgan fingerprint density at radius 2 is 1.87 bits per heavy atom. The molecule has 1 aliphatic rings. The highest BCUT2D eigenvalue weighted by atomic mass is 16.5. The predicted molar refractivity (Wildman–Crippen MR) is 61.5 cm³/mol. The lowest BCUT2D eigenvalue weighted by molar-refractivity contribution is 0.259. The third-order valence-corrected chi connectivity index (χ3v) is 2.63. The summed E-state index contributed by atoms with van der Waals surface area (Å²) in [7, 11) is 0. The summed E-state index contributed by atoms with van der Waals surface area (Å²) in [5, 5.41) is 3.34. The monoisotopic (exact) mass is 206 g/mol. The number of ether oxygens (including phenoxy) is 1. The molecule has 0 aliphatic carbocycles. The molecule has 81 valence electrons. The van der Waals surface area contributed by atoms with E-state index in [0.29, 0.717) is 0 Å². The molecule has 0 amide bonds. The molecule has 0 spiro atoms. The first-order chi connectivity index (χ1) is 7.45. The summed E-state index contributed by atoms with van der Waals surface area (Å²) in [5.41, 5.74) is 0. The lowest BCUT2D eigenvalue weighted by Crippen LogP contribution is -2.48. The molecule has 0 saturated carbocycles. The van der Waals surface area contributed by atoms with Crippen LogP contribution in [0.5, 0.6) is 5.75 Å². The highest BCUT2D eigenvalue weighted by Crippen LogP contribution is 2.07. The minimum absolute atomic E-state index is 0.782. The standard InChI is InChI=1S/C12H18N2O/c1-2-4-12(5-3-1)15-11-10-14-8-6-13-7-9-14/h1-5,13H,6-11H2/q+1. The van der Waals surface area contributed by atoms with Crippen LogP contribution in [0, 0.1) is 0 Å². The molecule has 15 heavy (non-hydrogen) atoms. The molecular formula is C12H18N2O+. The van der Waals surface area contributed by atoms with Crippen LogP contribution in [-0.2, 0) is 0 Å². The number of para-hydroxylation sites is 1. The van der Waals surface area contributed by atoms with Gasteiger partial charge in [0.15, 0.2) is 6.54 Å². The van der Waals surface area contributed by atoms with E-state index in [1.807, 2.05) is 30.3 Å². The van der Waals surface area contributed by atoms with Crippen LogP contribution in [-0.4, -0.2) is 39.3 Å². The molecule has 1 fully saturated rings. The van der Waals surface area contributed by atoms with E-state index in [0.717, 1.165) is 45.1 Å². The Kier molecular flexibility index (Phi) is 4.00. The van der Waals surface area contributed by atoms with Gasteiger partial charge in [-0.15, -0.1) is 0 Å². The molecule has 1 radical (unpaired) electrons. The fraction of sp³-hybridized carbons (Fsp3) is 0.500. The first-order valence-corrected chi connectivity index (χ1v) is 5.56. The van der Waals surface area contributed by atoms with Crippen molar-refractivity contribution in [1.29, 1.82) is 0 Å². The first-order valence-electron chi connectivity index (χ1n) is 5.56. The highest BCUT2D eigenvalue weighted by Gasteiger charge is 2.17. The highest BCUT2D eigenvalue weighted by molar-refractivity contribution is 5.20. The van der Waals surface area contributed by atoms with E-state index >= 15 is 0 Å². The van der Waals surface area contributed by atoms with E-state index in [4.69, 9.17) is 4.74 Å². The van der Waals surface area contributed by atoms with Gasteiger partial charge in [0, 0.05) is 13.1 Å². The maximum Gasteiger partial charge on any atom is 0.156 e. The third-order valence-electron chi connectivity index (χ3n) is 2.63. The van der Waals surface area contributed by atoms with Crippen LogP contribution in [0.1, 0.15) is 0 Å². The Balaban J connectivity index is 1.66. The van der Waals surface area contributed by atoms with Crippen molar-refractivity contribution in [3.63, 3.8) is 0 Å². The molecule has 0 bridgehead atoms. The maximum absolute atomic E-state index is 5.65. The largest absolute Gasteiger partial charge is 0.488 e. The quantitative estimate of drug-likeness (QED) is 0.738. The molecule has 2 rings (SSSR count). The van der Waals surface area contributed by atoms with Crippen molar-refractivity contribution in [2.75, 3.05) is 39.3 Å². The second-order valence-corrected chi connectivity index (χ2v) is 3.75. The fourth-order valence-corrected chi connectivity index (χ4v) is 1.74. The van der Waals surface area contributed by atoms with Gasteiger partial charge < -0.3 is 10.1 Å². The van der Waals surface area contributed by atoms with E-state index < -0.39 is 0 Å². The Labute approximate surface area is 91.0 Å². The second-order valence-electron chi connectivity index (χ2n) is 3.75. The molecule has 0 atom stereocenters. The zero-order chi connectivity index (χ0) is 10.3. The lowest BCUT2D eigenvalue weighted by atomic mass is 10.3. The number of rotatable bonds is 4. The molecular weight excluding hydrogens is 188 g/mol. The van der Waals surface area contributed by atoms with Crippen LogP contribution < -0.4 is 15.0 Å². The van der Waals surface area contributed by atoms with E-state index in [2.05, 4.69) is 10.2 Å². The third kappa shape index (κ3) is 3.53. The molecule has 3 heteroatoms. The van der Waals surface area contributed by atoms with Gasteiger partial charge in [-0.05, 0) is 12.1 Å². The SMILES string of the molecule is c1ccc(OCC[N+]2CCNCC2)cc1. The lowest BCUT2D eigenvalue weighted by Gasteiger charge is -2.17. The number of nitrogens with one attached hydrogen (secondary N) is 1. The zero-order valence-electron chi connectivity index (χ0n) is 8.98. The normalized spacial score (nSPS) is 17.6. The minimum atomic E-state index is 0.782. The van der Waals surface area contributed by atoms with Crippen LogP contribution >= 0.6 is 0 Å². The van der Waals surface area contributed by atoms with Crippen molar-refractivity contribution >= 4 is 0 Å². The van der Waals surface area contributed by atoms with Gasteiger partial charge in [-0.25, -0.2) is 0 Å². The first kappa shape index (κ1) is 10.5. The number of hydrogen-bond acceptors (Lipinski definition) is 3. The van der Waals surface area contributed by atoms with Gasteiger partial charge >= 0.3 is 0 Å². The van der Waals surface area contributed by atoms with Crippen molar-refractivity contribution in [2.24, 2.45) is 0 Å². The predicted octanol–water partition coefficient (Wildman–Crippen LogP) is 0.809. The number of piperazine rings is 1. The zero-order valence-corrected chi connectivity index (χ0v) is 8.98. The fourth-order valence-electron chi connectivity index (χ4n) is 1.74. The van der Waals surface area contributed by atoms with Gasteiger partial charge in [0.1, 0.15) is 25.4 Å². The molecule has 1 aliphatic heterocycles. The summed E-state index contributed by atoms with van der Waals surface area (Å²) in [6, 6.07) is 10.00. The van der Waals surface area contributed by atoms with Gasteiger partial charge in [-0.2, -0.15) is 4.90 Å². The van der Waals surface area contributed by atoms with Crippen LogP contribution in [0.4, 0.5) is 0 Å². The van der Waals surface area contributed by atoms with Crippen LogP contribution in [0.2, 0.25) is 0 Å². The van der Waals surface area contributed by atoms with E-state index in [9.17, 15) is 0 Å². The average molecular weight is 206 g/mol. The van der Waals surface area contributed by atoms with Crippen molar-refractivity contribution in [3.8, 4) is 5.75 Å². The van der Waals surface area contributed by atoms with Crippen LogP contribution in [0.15, 0.2) is 30.3 Å². The Bertz CT molecular complexity index is 270. The van der Waals surface area contributed by atoms with Gasteiger partial charge in [0.25, 0.3) is 0 Å². The Morgan fingerprint density at radius 3 is 2.60 bits per heavy atom. The summed E-state index contributed by atoms with van der Waals surface area (Å²) >= 11 is 0. The summed E-state index contributed by atoms with van der Waals surface area (Å²) in [5.74, 6) is 0.965. The van der Waals surface area contributed by atoms with E-state index in [-0.39, 0.29) is 0 Å². The van der Waals surface area contributed by atoms with E-state index in [1.165, 1.54) is 0 Å². The molecule has 0 aromatic heterocycles. The van der Waals surface area contributed by atoms with Crippen molar-refractivity contribution in [3.05, 3.63) is 30.3 Å². The number of nitrogens with zero attached hydrogens (tertiary/aromatic N) is 1. The minimum Gasteiger partial charge on any atom is -0.488 e. The number of benzene rings is 1. The molecule has 1 aromatic carbocycles. The van der Waals surface area contributed by atoms with Crippen LogP contribution in [0.3, 0.4) is 0 Å². The van der Waals surface area contributed by atoms with Gasteiger partial charge in [-0.3, -0.25) is 0 Å². The van der Waals surface area contributed by atoms with E-state index in [1.54, 1.807) is 0 Å².